The number of anilines is 1. The van der Waals surface area contributed by atoms with E-state index in [2.05, 4.69) is 15.5 Å². The second kappa shape index (κ2) is 4.44. The van der Waals surface area contributed by atoms with Gasteiger partial charge in [0.15, 0.2) is 0 Å². The summed E-state index contributed by atoms with van der Waals surface area (Å²) in [6.07, 6.45) is 2.88. The van der Waals surface area contributed by atoms with Gasteiger partial charge in [0.05, 0.1) is 11.9 Å². The van der Waals surface area contributed by atoms with Gasteiger partial charge < -0.3 is 16.0 Å². The normalized spacial score (nSPS) is 19.4. The number of hydrogen-bond acceptors (Lipinski definition) is 4. The van der Waals surface area contributed by atoms with Gasteiger partial charge in [0.1, 0.15) is 11.7 Å². The van der Waals surface area contributed by atoms with Crippen molar-refractivity contribution in [3.8, 4) is 0 Å². The van der Waals surface area contributed by atoms with Gasteiger partial charge in [-0.2, -0.15) is 5.10 Å². The lowest BCUT2D eigenvalue weighted by atomic mass is 10.2. The first-order valence-electron chi connectivity index (χ1n) is 5.46. The van der Waals surface area contributed by atoms with Crippen LogP contribution in [0, 0.1) is 0 Å². The zero-order valence-corrected chi connectivity index (χ0v) is 9.56. The molecule has 0 aliphatic carbocycles. The van der Waals surface area contributed by atoms with E-state index in [4.69, 9.17) is 5.73 Å². The number of rotatable bonds is 2. The van der Waals surface area contributed by atoms with Gasteiger partial charge in [0.2, 0.25) is 5.91 Å². The van der Waals surface area contributed by atoms with E-state index < -0.39 is 6.04 Å². The first kappa shape index (κ1) is 11.4. The van der Waals surface area contributed by atoms with E-state index in [0.717, 1.165) is 6.42 Å². The molecule has 1 unspecified atom stereocenters. The molecular formula is C10H15N5O2. The first-order chi connectivity index (χ1) is 8.15. The van der Waals surface area contributed by atoms with Crippen molar-refractivity contribution >= 4 is 17.5 Å². The van der Waals surface area contributed by atoms with Crippen LogP contribution in [0.4, 0.5) is 5.69 Å². The molecule has 1 saturated heterocycles. The number of amides is 2. The highest BCUT2D eigenvalue weighted by Crippen LogP contribution is 2.21. The third-order valence-electron chi connectivity index (χ3n) is 2.95. The molecule has 92 valence electrons. The summed E-state index contributed by atoms with van der Waals surface area (Å²) in [5, 5.41) is 8.83. The highest BCUT2D eigenvalue weighted by atomic mass is 16.2. The number of hydrogen-bond donors (Lipinski definition) is 3. The van der Waals surface area contributed by atoms with E-state index in [9.17, 15) is 9.59 Å². The fraction of sp³-hybridized carbons (Fsp3) is 0.500. The number of nitrogen functional groups attached to an aromatic ring is 1. The van der Waals surface area contributed by atoms with Gasteiger partial charge in [0, 0.05) is 13.6 Å². The Bertz CT molecular complexity index is 442. The lowest BCUT2D eigenvalue weighted by Crippen LogP contribution is -2.45. The van der Waals surface area contributed by atoms with Crippen LogP contribution in [-0.2, 0) is 4.79 Å². The largest absolute Gasteiger partial charge is 0.396 e. The Balaban J connectivity index is 2.19. The summed E-state index contributed by atoms with van der Waals surface area (Å²) in [6, 6.07) is -0.407. The lowest BCUT2D eigenvalue weighted by Gasteiger charge is -2.22. The van der Waals surface area contributed by atoms with Gasteiger partial charge in [-0.15, -0.1) is 0 Å². The maximum absolute atomic E-state index is 12.2. The van der Waals surface area contributed by atoms with Crippen LogP contribution in [0.1, 0.15) is 23.3 Å². The van der Waals surface area contributed by atoms with Crippen LogP contribution >= 0.6 is 0 Å². The number of carbonyl (C=O) groups excluding carboxylic acids is 2. The summed E-state index contributed by atoms with van der Waals surface area (Å²) in [7, 11) is 1.56. The molecule has 1 aliphatic rings. The molecule has 1 fully saturated rings. The number of likely N-dealkylation sites (tertiary alicyclic amines) is 1. The fourth-order valence-corrected chi connectivity index (χ4v) is 2.06. The number of nitrogens with zero attached hydrogens (tertiary/aromatic N) is 2. The van der Waals surface area contributed by atoms with E-state index in [1.54, 1.807) is 7.05 Å². The Labute approximate surface area is 98.4 Å². The summed E-state index contributed by atoms with van der Waals surface area (Å²) >= 11 is 0. The summed E-state index contributed by atoms with van der Waals surface area (Å²) in [4.78, 5) is 25.3. The van der Waals surface area contributed by atoms with Crippen LogP contribution in [0.15, 0.2) is 6.20 Å². The molecule has 17 heavy (non-hydrogen) atoms. The van der Waals surface area contributed by atoms with Crippen molar-refractivity contribution in [1.82, 2.24) is 20.4 Å². The van der Waals surface area contributed by atoms with Gasteiger partial charge in [-0.25, -0.2) is 0 Å². The van der Waals surface area contributed by atoms with E-state index >= 15 is 0 Å². The van der Waals surface area contributed by atoms with Gasteiger partial charge in [-0.05, 0) is 12.8 Å². The van der Waals surface area contributed by atoms with Crippen molar-refractivity contribution in [2.75, 3.05) is 19.3 Å². The van der Waals surface area contributed by atoms with Crippen LogP contribution in [0.5, 0.6) is 0 Å². The van der Waals surface area contributed by atoms with E-state index in [0.29, 0.717) is 18.7 Å². The molecule has 0 aromatic carbocycles. The average molecular weight is 237 g/mol. The fourth-order valence-electron chi connectivity index (χ4n) is 2.06. The molecule has 2 amide bonds. The molecule has 7 heteroatoms. The molecule has 2 rings (SSSR count). The van der Waals surface area contributed by atoms with Gasteiger partial charge in [-0.1, -0.05) is 0 Å². The molecule has 0 radical (unpaired) electrons. The van der Waals surface area contributed by atoms with Gasteiger partial charge in [-0.3, -0.25) is 14.7 Å². The monoisotopic (exact) mass is 237 g/mol. The maximum atomic E-state index is 12.2. The number of aromatic nitrogens is 2. The van der Waals surface area contributed by atoms with E-state index in [1.165, 1.54) is 11.1 Å². The Morgan fingerprint density at radius 2 is 2.41 bits per heavy atom. The van der Waals surface area contributed by atoms with Crippen molar-refractivity contribution in [1.29, 1.82) is 0 Å². The standard InChI is InChI=1S/C10H15N5O2/c1-12-9(16)7-3-2-4-15(7)10(17)8-6(11)5-13-14-8/h5,7H,2-4,11H2,1H3,(H,12,16)(H,13,14). The van der Waals surface area contributed by atoms with Crippen molar-refractivity contribution in [2.24, 2.45) is 0 Å². The number of carbonyl (C=O) groups is 2. The van der Waals surface area contributed by atoms with Crippen molar-refractivity contribution in [3.63, 3.8) is 0 Å². The van der Waals surface area contributed by atoms with Crippen molar-refractivity contribution < 1.29 is 9.59 Å². The third-order valence-corrected chi connectivity index (χ3v) is 2.95. The van der Waals surface area contributed by atoms with Crippen molar-refractivity contribution in [3.05, 3.63) is 11.9 Å². The lowest BCUT2D eigenvalue weighted by molar-refractivity contribution is -0.124. The highest BCUT2D eigenvalue weighted by Gasteiger charge is 2.35. The summed E-state index contributed by atoms with van der Waals surface area (Å²) in [5.74, 6) is -0.417. The molecule has 1 aliphatic heterocycles. The minimum absolute atomic E-state index is 0.145. The molecule has 4 N–H and O–H groups in total. The average Bonchev–Trinajstić information content (AvgIpc) is 2.95. The van der Waals surface area contributed by atoms with Gasteiger partial charge >= 0.3 is 0 Å². The van der Waals surface area contributed by atoms with Crippen LogP contribution in [0.25, 0.3) is 0 Å². The Morgan fingerprint density at radius 1 is 1.65 bits per heavy atom. The summed E-state index contributed by atoms with van der Waals surface area (Å²) < 4.78 is 0. The number of aromatic amines is 1. The second-order valence-corrected chi connectivity index (χ2v) is 3.97. The van der Waals surface area contributed by atoms with Crippen LogP contribution < -0.4 is 11.1 Å². The Kier molecular flexibility index (Phi) is 2.99. The van der Waals surface area contributed by atoms with Crippen LogP contribution in [-0.4, -0.2) is 46.5 Å². The molecule has 0 spiro atoms. The maximum Gasteiger partial charge on any atom is 0.274 e. The molecule has 1 aromatic heterocycles. The van der Waals surface area contributed by atoms with E-state index in [-0.39, 0.29) is 17.5 Å². The van der Waals surface area contributed by atoms with Crippen LogP contribution in [0.2, 0.25) is 0 Å². The summed E-state index contributed by atoms with van der Waals surface area (Å²) in [5.41, 5.74) is 6.18. The summed E-state index contributed by atoms with van der Waals surface area (Å²) in [6.45, 7) is 0.565. The van der Waals surface area contributed by atoms with E-state index in [1.807, 2.05) is 0 Å². The topological polar surface area (TPSA) is 104 Å². The van der Waals surface area contributed by atoms with Gasteiger partial charge in [0.25, 0.3) is 5.91 Å². The predicted molar refractivity (Wildman–Crippen MR) is 61.1 cm³/mol. The SMILES string of the molecule is CNC(=O)C1CCCN1C(=O)c1[nH]ncc1N. The zero-order valence-electron chi connectivity index (χ0n) is 9.56. The molecule has 0 bridgehead atoms. The number of nitrogens with one attached hydrogen (secondary N) is 2. The Morgan fingerprint density at radius 3 is 3.00 bits per heavy atom. The number of H-pyrrole nitrogens is 1. The smallest absolute Gasteiger partial charge is 0.274 e. The zero-order chi connectivity index (χ0) is 12.4. The first-order valence-corrected chi connectivity index (χ1v) is 5.46. The van der Waals surface area contributed by atoms with Crippen molar-refractivity contribution in [2.45, 2.75) is 18.9 Å². The molecule has 1 atom stereocenters. The minimum atomic E-state index is -0.407. The number of nitrogens with two attached hydrogens (primary N) is 1. The van der Waals surface area contributed by atoms with Crippen LogP contribution in [0.3, 0.4) is 0 Å². The second-order valence-electron chi connectivity index (χ2n) is 3.97. The predicted octanol–water partition coefficient (Wildman–Crippen LogP) is -0.657. The molecule has 1 aromatic rings. The highest BCUT2D eigenvalue weighted by molar-refractivity contribution is 5.99. The molecular weight excluding hydrogens is 222 g/mol. The quantitative estimate of drug-likeness (QED) is 0.635. The molecule has 2 heterocycles. The number of likely N-dealkylation sites (N-methyl/N-ethyl adjacent to an activating group) is 1. The minimum Gasteiger partial charge on any atom is -0.396 e. The molecule has 0 saturated carbocycles. The molecule has 7 nitrogen and oxygen atoms in total. The third kappa shape index (κ3) is 1.95. The Hall–Kier alpha value is -2.05.